The molecule has 1 aromatic heterocycles. The van der Waals surface area contributed by atoms with E-state index in [0.717, 1.165) is 44.8 Å². The molecule has 0 aliphatic heterocycles. The molecule has 0 saturated heterocycles. The Balaban J connectivity index is 2.33. The molecule has 15 heavy (non-hydrogen) atoms. The fraction of sp³-hybridized carbons (Fsp3) is 0.800. The van der Waals surface area contributed by atoms with Crippen molar-refractivity contribution in [3.63, 3.8) is 0 Å². The van der Waals surface area contributed by atoms with Crippen molar-refractivity contribution in [3.05, 3.63) is 11.1 Å². The minimum atomic E-state index is 0.474. The topological polar surface area (TPSA) is 39.9 Å². The van der Waals surface area contributed by atoms with Crippen LogP contribution in [-0.2, 0) is 17.7 Å². The second-order valence-electron chi connectivity index (χ2n) is 3.36. The smallest absolute Gasteiger partial charge is 0.225 e. The van der Waals surface area contributed by atoms with E-state index in [2.05, 4.69) is 17.1 Å². The minimum absolute atomic E-state index is 0.474. The lowest BCUT2D eigenvalue weighted by molar-refractivity contribution is 0.129. The van der Waals surface area contributed by atoms with Gasteiger partial charge in [-0.05, 0) is 24.4 Å². The van der Waals surface area contributed by atoms with E-state index >= 15 is 0 Å². The van der Waals surface area contributed by atoms with Gasteiger partial charge in [0.2, 0.25) is 5.28 Å². The lowest BCUT2D eigenvalue weighted by Crippen LogP contribution is -2.06. The summed E-state index contributed by atoms with van der Waals surface area (Å²) in [6.45, 7) is 6.58. The van der Waals surface area contributed by atoms with E-state index in [1.165, 1.54) is 0 Å². The quantitative estimate of drug-likeness (QED) is 0.676. The summed E-state index contributed by atoms with van der Waals surface area (Å²) in [5.74, 6) is 0.940. The molecule has 4 nitrogen and oxygen atoms in total. The normalized spacial score (nSPS) is 10.9. The van der Waals surface area contributed by atoms with Crippen LogP contribution in [0.1, 0.15) is 32.5 Å². The van der Waals surface area contributed by atoms with Crippen LogP contribution in [0.5, 0.6) is 0 Å². The summed E-state index contributed by atoms with van der Waals surface area (Å²) in [6.07, 6.45) is 2.87. The lowest BCUT2D eigenvalue weighted by atomic mass is 10.4. The van der Waals surface area contributed by atoms with Gasteiger partial charge in [-0.1, -0.05) is 13.8 Å². The molecule has 0 aliphatic rings. The van der Waals surface area contributed by atoms with Gasteiger partial charge in [0.15, 0.2) is 0 Å². The van der Waals surface area contributed by atoms with Crippen LogP contribution < -0.4 is 0 Å². The zero-order chi connectivity index (χ0) is 11.1. The van der Waals surface area contributed by atoms with Crippen molar-refractivity contribution in [2.45, 2.75) is 39.7 Å². The molecule has 1 heterocycles. The van der Waals surface area contributed by atoms with E-state index in [1.807, 2.05) is 11.5 Å². The maximum Gasteiger partial charge on any atom is 0.225 e. The van der Waals surface area contributed by atoms with Crippen LogP contribution >= 0.6 is 11.6 Å². The third-order valence-corrected chi connectivity index (χ3v) is 2.40. The van der Waals surface area contributed by atoms with Gasteiger partial charge in [-0.25, -0.2) is 0 Å². The Morgan fingerprint density at radius 3 is 2.73 bits per heavy atom. The van der Waals surface area contributed by atoms with Crippen LogP contribution in [0.3, 0.4) is 0 Å². The second kappa shape index (κ2) is 6.80. The second-order valence-corrected chi connectivity index (χ2v) is 3.69. The lowest BCUT2D eigenvalue weighted by Gasteiger charge is -2.06. The van der Waals surface area contributed by atoms with Crippen molar-refractivity contribution in [2.75, 3.05) is 13.2 Å². The highest BCUT2D eigenvalue weighted by Crippen LogP contribution is 2.09. The number of ether oxygens (including phenoxy) is 1. The monoisotopic (exact) mass is 231 g/mol. The Hall–Kier alpha value is -0.610. The Morgan fingerprint density at radius 2 is 2.07 bits per heavy atom. The third kappa shape index (κ3) is 3.80. The first-order chi connectivity index (χ1) is 7.29. The van der Waals surface area contributed by atoms with E-state index in [9.17, 15) is 0 Å². The van der Waals surface area contributed by atoms with Crippen molar-refractivity contribution in [3.8, 4) is 0 Å². The van der Waals surface area contributed by atoms with E-state index in [-0.39, 0.29) is 0 Å². The standard InChI is InChI=1S/C10H18ClN3O/c1-3-7-15-8-5-6-14-9(4-2)12-13-10(14)11/h3-8H2,1-2H3. The van der Waals surface area contributed by atoms with Gasteiger partial charge in [-0.15, -0.1) is 10.2 Å². The fourth-order valence-corrected chi connectivity index (χ4v) is 1.59. The molecular weight excluding hydrogens is 214 g/mol. The van der Waals surface area contributed by atoms with Crippen LogP contribution in [0, 0.1) is 0 Å². The number of nitrogens with zero attached hydrogens (tertiary/aromatic N) is 3. The van der Waals surface area contributed by atoms with Crippen LogP contribution in [0.25, 0.3) is 0 Å². The van der Waals surface area contributed by atoms with E-state index in [1.54, 1.807) is 0 Å². The number of halogens is 1. The van der Waals surface area contributed by atoms with Crippen LogP contribution in [0.4, 0.5) is 0 Å². The maximum atomic E-state index is 5.91. The Bertz CT molecular complexity index is 288. The molecule has 0 fully saturated rings. The van der Waals surface area contributed by atoms with E-state index in [4.69, 9.17) is 16.3 Å². The summed E-state index contributed by atoms with van der Waals surface area (Å²) in [5, 5.41) is 8.30. The Kier molecular flexibility index (Phi) is 5.65. The summed E-state index contributed by atoms with van der Waals surface area (Å²) in [6, 6.07) is 0. The fourth-order valence-electron chi connectivity index (χ4n) is 1.37. The zero-order valence-corrected chi connectivity index (χ0v) is 10.1. The molecule has 0 radical (unpaired) electrons. The summed E-state index contributed by atoms with van der Waals surface area (Å²) < 4.78 is 7.34. The molecular formula is C10H18ClN3O. The molecule has 0 bridgehead atoms. The summed E-state index contributed by atoms with van der Waals surface area (Å²) in [7, 11) is 0. The minimum Gasteiger partial charge on any atom is -0.381 e. The van der Waals surface area contributed by atoms with Crippen molar-refractivity contribution in [2.24, 2.45) is 0 Å². The first-order valence-electron chi connectivity index (χ1n) is 5.44. The molecule has 0 saturated carbocycles. The van der Waals surface area contributed by atoms with Gasteiger partial charge in [0, 0.05) is 26.2 Å². The van der Waals surface area contributed by atoms with Crippen LogP contribution in [0.2, 0.25) is 5.28 Å². The number of rotatable bonds is 7. The summed E-state index contributed by atoms with van der Waals surface area (Å²) in [5.41, 5.74) is 0. The number of hydrogen-bond donors (Lipinski definition) is 0. The molecule has 1 aromatic rings. The molecule has 86 valence electrons. The molecule has 0 aliphatic carbocycles. The maximum absolute atomic E-state index is 5.91. The first kappa shape index (κ1) is 12.5. The number of aromatic nitrogens is 3. The molecule has 0 atom stereocenters. The average Bonchev–Trinajstić information content (AvgIpc) is 2.60. The van der Waals surface area contributed by atoms with Gasteiger partial charge in [-0.2, -0.15) is 0 Å². The molecule has 0 aromatic carbocycles. The van der Waals surface area contributed by atoms with E-state index in [0.29, 0.717) is 5.28 Å². The molecule has 0 spiro atoms. The number of aryl methyl sites for hydroxylation is 1. The van der Waals surface area contributed by atoms with Gasteiger partial charge in [0.05, 0.1) is 0 Å². The molecule has 1 rings (SSSR count). The van der Waals surface area contributed by atoms with Gasteiger partial charge < -0.3 is 9.30 Å². The first-order valence-corrected chi connectivity index (χ1v) is 5.82. The van der Waals surface area contributed by atoms with Crippen molar-refractivity contribution in [1.29, 1.82) is 0 Å². The van der Waals surface area contributed by atoms with Crippen molar-refractivity contribution >= 4 is 11.6 Å². The summed E-state index contributed by atoms with van der Waals surface area (Å²) in [4.78, 5) is 0. The third-order valence-electron chi connectivity index (χ3n) is 2.12. The van der Waals surface area contributed by atoms with Crippen molar-refractivity contribution in [1.82, 2.24) is 14.8 Å². The zero-order valence-electron chi connectivity index (χ0n) is 9.37. The highest BCUT2D eigenvalue weighted by atomic mass is 35.5. The molecule has 0 amide bonds. The van der Waals surface area contributed by atoms with Gasteiger partial charge in [0.25, 0.3) is 0 Å². The molecule has 0 N–H and O–H groups in total. The van der Waals surface area contributed by atoms with Gasteiger partial charge in [-0.3, -0.25) is 0 Å². The van der Waals surface area contributed by atoms with Gasteiger partial charge in [0.1, 0.15) is 5.82 Å². The highest BCUT2D eigenvalue weighted by Gasteiger charge is 2.07. The van der Waals surface area contributed by atoms with E-state index < -0.39 is 0 Å². The Morgan fingerprint density at radius 1 is 1.27 bits per heavy atom. The molecule has 5 heteroatoms. The average molecular weight is 232 g/mol. The number of hydrogen-bond acceptors (Lipinski definition) is 3. The van der Waals surface area contributed by atoms with Crippen molar-refractivity contribution < 1.29 is 4.74 Å². The largest absolute Gasteiger partial charge is 0.381 e. The summed E-state index contributed by atoms with van der Waals surface area (Å²) >= 11 is 5.91. The van der Waals surface area contributed by atoms with Crippen LogP contribution in [-0.4, -0.2) is 28.0 Å². The highest BCUT2D eigenvalue weighted by molar-refractivity contribution is 6.28. The SMILES string of the molecule is CCCOCCCn1c(Cl)nnc1CC. The van der Waals surface area contributed by atoms with Gasteiger partial charge >= 0.3 is 0 Å². The predicted octanol–water partition coefficient (Wildman–Crippen LogP) is 2.31. The predicted molar refractivity (Wildman–Crippen MR) is 60.1 cm³/mol. The molecule has 0 unspecified atom stereocenters. The Labute approximate surface area is 95.6 Å². The van der Waals surface area contributed by atoms with Crippen LogP contribution in [0.15, 0.2) is 0 Å².